The maximum absolute atomic E-state index is 12.8. The average Bonchev–Trinajstić information content (AvgIpc) is 3.45. The first kappa shape index (κ1) is 75.3. The minimum absolute atomic E-state index is 0.0765. The third-order valence-corrected chi connectivity index (χ3v) is 14.6. The standard InChI is InChI=1S/C73H126O6/c1-4-7-10-13-15-17-19-21-23-25-27-29-31-32-33-34-35-36-37-38-39-40-42-43-45-47-49-51-53-55-57-60-63-66-72(75)78-69-70(68-77-71(74)65-62-59-12-9-6-3)79-73(76)67-64-61-58-56-54-52-50-48-46-44-41-30-28-26-24-22-20-18-16-14-11-8-5-2/h7,10,15,17,21,23,26-29,32-33,35-36,38-39,70H,4-6,8-9,11-14,16,18-20,22,24-25,30-31,34,37,40-69H2,1-3H3/b10-7-,17-15-,23-21-,28-26-,29-27-,33-32-,36-35-,39-38-. The first-order valence-corrected chi connectivity index (χ1v) is 33.7. The summed E-state index contributed by atoms with van der Waals surface area (Å²) in [5.41, 5.74) is 0. The van der Waals surface area contributed by atoms with Crippen LogP contribution in [-0.4, -0.2) is 37.2 Å². The van der Waals surface area contributed by atoms with Gasteiger partial charge in [-0.3, -0.25) is 14.4 Å². The highest BCUT2D eigenvalue weighted by atomic mass is 16.6. The van der Waals surface area contributed by atoms with Gasteiger partial charge in [0.05, 0.1) is 0 Å². The molecule has 0 aliphatic heterocycles. The molecule has 0 saturated carbocycles. The summed E-state index contributed by atoms with van der Waals surface area (Å²) < 4.78 is 16.8. The summed E-state index contributed by atoms with van der Waals surface area (Å²) >= 11 is 0. The second kappa shape index (κ2) is 66.8. The first-order valence-electron chi connectivity index (χ1n) is 33.7. The third-order valence-electron chi connectivity index (χ3n) is 14.6. The van der Waals surface area contributed by atoms with Crippen molar-refractivity contribution in [1.82, 2.24) is 0 Å². The van der Waals surface area contributed by atoms with Crippen LogP contribution in [0.1, 0.15) is 329 Å². The van der Waals surface area contributed by atoms with Gasteiger partial charge in [-0.05, 0) is 103 Å². The van der Waals surface area contributed by atoms with Gasteiger partial charge in [0.15, 0.2) is 6.10 Å². The van der Waals surface area contributed by atoms with Crippen LogP contribution in [0.25, 0.3) is 0 Å². The van der Waals surface area contributed by atoms with E-state index in [4.69, 9.17) is 14.2 Å². The van der Waals surface area contributed by atoms with E-state index in [2.05, 4.69) is 118 Å². The Morgan fingerprint density at radius 2 is 0.494 bits per heavy atom. The maximum atomic E-state index is 12.8. The van der Waals surface area contributed by atoms with Gasteiger partial charge in [-0.15, -0.1) is 0 Å². The molecule has 0 radical (unpaired) electrons. The number of carbonyl (C=O) groups excluding carboxylic acids is 3. The predicted molar refractivity (Wildman–Crippen MR) is 344 cm³/mol. The van der Waals surface area contributed by atoms with Crippen molar-refractivity contribution in [3.8, 4) is 0 Å². The summed E-state index contributed by atoms with van der Waals surface area (Å²) in [6, 6.07) is 0. The van der Waals surface area contributed by atoms with Gasteiger partial charge in [-0.25, -0.2) is 0 Å². The topological polar surface area (TPSA) is 78.9 Å². The van der Waals surface area contributed by atoms with Crippen LogP contribution in [0.3, 0.4) is 0 Å². The van der Waals surface area contributed by atoms with E-state index in [1.54, 1.807) is 0 Å². The molecule has 0 aliphatic rings. The Bertz CT molecular complexity index is 1540. The minimum Gasteiger partial charge on any atom is -0.462 e. The van der Waals surface area contributed by atoms with Crippen molar-refractivity contribution >= 4 is 17.9 Å². The summed E-state index contributed by atoms with van der Waals surface area (Å²) in [5.74, 6) is -0.883. The van der Waals surface area contributed by atoms with E-state index in [1.165, 1.54) is 180 Å². The van der Waals surface area contributed by atoms with Crippen LogP contribution in [-0.2, 0) is 28.6 Å². The molecule has 79 heavy (non-hydrogen) atoms. The van der Waals surface area contributed by atoms with E-state index in [1.807, 2.05) is 0 Å². The molecule has 0 bridgehead atoms. The average molecular weight is 1100 g/mol. The van der Waals surface area contributed by atoms with E-state index in [0.717, 1.165) is 109 Å². The van der Waals surface area contributed by atoms with E-state index < -0.39 is 6.10 Å². The minimum atomic E-state index is -0.775. The number of esters is 3. The van der Waals surface area contributed by atoms with Crippen LogP contribution in [0.2, 0.25) is 0 Å². The number of allylic oxidation sites excluding steroid dienone is 16. The van der Waals surface area contributed by atoms with Crippen molar-refractivity contribution in [3.05, 3.63) is 97.2 Å². The van der Waals surface area contributed by atoms with Gasteiger partial charge in [-0.1, -0.05) is 304 Å². The zero-order chi connectivity index (χ0) is 57.1. The smallest absolute Gasteiger partial charge is 0.306 e. The van der Waals surface area contributed by atoms with Crippen molar-refractivity contribution in [1.29, 1.82) is 0 Å². The Kier molecular flexibility index (Phi) is 63.7. The van der Waals surface area contributed by atoms with Crippen molar-refractivity contribution in [3.63, 3.8) is 0 Å². The summed E-state index contributed by atoms with van der Waals surface area (Å²) in [4.78, 5) is 38.0. The van der Waals surface area contributed by atoms with Crippen LogP contribution in [0.4, 0.5) is 0 Å². The Morgan fingerprint density at radius 3 is 0.785 bits per heavy atom. The summed E-state index contributed by atoms with van der Waals surface area (Å²) in [5, 5.41) is 0. The van der Waals surface area contributed by atoms with Gasteiger partial charge >= 0.3 is 17.9 Å². The molecule has 0 N–H and O–H groups in total. The normalized spacial score (nSPS) is 12.7. The molecule has 454 valence electrons. The lowest BCUT2D eigenvalue weighted by atomic mass is 10.0. The number of hydrogen-bond donors (Lipinski definition) is 0. The number of hydrogen-bond acceptors (Lipinski definition) is 6. The molecule has 6 heteroatoms. The lowest BCUT2D eigenvalue weighted by Gasteiger charge is -2.18. The van der Waals surface area contributed by atoms with E-state index in [9.17, 15) is 14.4 Å². The van der Waals surface area contributed by atoms with Crippen LogP contribution >= 0.6 is 0 Å². The molecule has 0 aliphatic carbocycles. The van der Waals surface area contributed by atoms with Gasteiger partial charge in [0, 0.05) is 19.3 Å². The zero-order valence-corrected chi connectivity index (χ0v) is 52.1. The second-order valence-electron chi connectivity index (χ2n) is 22.4. The molecule has 1 atom stereocenters. The zero-order valence-electron chi connectivity index (χ0n) is 52.1. The molecule has 0 fully saturated rings. The monoisotopic (exact) mass is 1100 g/mol. The summed E-state index contributed by atoms with van der Waals surface area (Å²) in [7, 11) is 0. The molecule has 0 saturated heterocycles. The lowest BCUT2D eigenvalue weighted by Crippen LogP contribution is -2.30. The van der Waals surface area contributed by atoms with Crippen molar-refractivity contribution in [2.45, 2.75) is 335 Å². The van der Waals surface area contributed by atoms with Crippen molar-refractivity contribution in [2.24, 2.45) is 0 Å². The van der Waals surface area contributed by atoms with Gasteiger partial charge in [0.25, 0.3) is 0 Å². The van der Waals surface area contributed by atoms with Crippen LogP contribution < -0.4 is 0 Å². The van der Waals surface area contributed by atoms with E-state index >= 15 is 0 Å². The highest BCUT2D eigenvalue weighted by molar-refractivity contribution is 5.71. The van der Waals surface area contributed by atoms with Gasteiger partial charge in [-0.2, -0.15) is 0 Å². The summed E-state index contributed by atoms with van der Waals surface area (Å²) in [6.07, 6.45) is 90.5. The van der Waals surface area contributed by atoms with Crippen molar-refractivity contribution < 1.29 is 28.6 Å². The second-order valence-corrected chi connectivity index (χ2v) is 22.4. The third kappa shape index (κ3) is 65.0. The molecule has 0 rings (SSSR count). The number of ether oxygens (including phenoxy) is 3. The SMILES string of the molecule is CC/C=C\C/C=C\C/C=C\C/C=C\C/C=C\C/C=C\C/C=C\CCCCCCCCCCCCCC(=O)OCC(COC(=O)CCCCCCC)OC(=O)CCCCCCCCCCCCC/C=C\CCCCCCCCCC. The molecule has 0 heterocycles. The van der Waals surface area contributed by atoms with Crippen LogP contribution in [0.15, 0.2) is 97.2 Å². The van der Waals surface area contributed by atoms with E-state index in [0.29, 0.717) is 19.3 Å². The van der Waals surface area contributed by atoms with Crippen LogP contribution in [0, 0.1) is 0 Å². The number of rotatable bonds is 61. The molecular formula is C73H126O6. The molecular weight excluding hydrogens is 973 g/mol. The fourth-order valence-electron chi connectivity index (χ4n) is 9.54. The Balaban J connectivity index is 4.01. The lowest BCUT2D eigenvalue weighted by molar-refractivity contribution is -0.167. The first-order chi connectivity index (χ1) is 39.0. The predicted octanol–water partition coefficient (Wildman–Crippen LogP) is 23.2. The fourth-order valence-corrected chi connectivity index (χ4v) is 9.54. The quantitative estimate of drug-likeness (QED) is 0.0261. The molecule has 0 amide bonds. The van der Waals surface area contributed by atoms with Gasteiger partial charge in [0.2, 0.25) is 0 Å². The van der Waals surface area contributed by atoms with Gasteiger partial charge in [0.1, 0.15) is 13.2 Å². The highest BCUT2D eigenvalue weighted by Gasteiger charge is 2.19. The Labute approximate surface area is 489 Å². The molecule has 1 unspecified atom stereocenters. The molecule has 0 aromatic rings. The molecule has 0 spiro atoms. The largest absolute Gasteiger partial charge is 0.462 e. The molecule has 0 aromatic heterocycles. The Hall–Kier alpha value is -3.67. The maximum Gasteiger partial charge on any atom is 0.306 e. The molecule has 0 aromatic carbocycles. The number of carbonyl (C=O) groups is 3. The van der Waals surface area contributed by atoms with E-state index in [-0.39, 0.29) is 31.1 Å². The van der Waals surface area contributed by atoms with Gasteiger partial charge < -0.3 is 14.2 Å². The van der Waals surface area contributed by atoms with Crippen LogP contribution in [0.5, 0.6) is 0 Å². The van der Waals surface area contributed by atoms with Crippen molar-refractivity contribution in [2.75, 3.05) is 13.2 Å². The summed E-state index contributed by atoms with van der Waals surface area (Å²) in [6.45, 7) is 6.47. The highest BCUT2D eigenvalue weighted by Crippen LogP contribution is 2.17. The molecule has 6 nitrogen and oxygen atoms in total. The Morgan fingerprint density at radius 1 is 0.266 bits per heavy atom. The number of unbranched alkanes of at least 4 members (excludes halogenated alkanes) is 34. The fraction of sp³-hybridized carbons (Fsp3) is 0.740.